The number of pyridine rings is 2. The molecule has 0 unspecified atom stereocenters. The summed E-state index contributed by atoms with van der Waals surface area (Å²) in [7, 11) is 0. The molecule has 0 radical (unpaired) electrons. The van der Waals surface area contributed by atoms with Gasteiger partial charge in [0.25, 0.3) is 0 Å². The molecule has 0 N–H and O–H groups in total. The average molecular weight is 255 g/mol. The summed E-state index contributed by atoms with van der Waals surface area (Å²) in [6.07, 6.45) is 3.41. The van der Waals surface area contributed by atoms with Gasteiger partial charge in [0.1, 0.15) is 5.82 Å². The van der Waals surface area contributed by atoms with Gasteiger partial charge in [-0.05, 0) is 38.1 Å². The highest BCUT2D eigenvalue weighted by molar-refractivity contribution is 5.93. The van der Waals surface area contributed by atoms with Crippen molar-refractivity contribution < 1.29 is 4.79 Å². The normalized spacial score (nSPS) is 10.2. The quantitative estimate of drug-likeness (QED) is 0.771. The minimum atomic E-state index is 0.0341. The van der Waals surface area contributed by atoms with Crippen LogP contribution in [0.1, 0.15) is 29.9 Å². The van der Waals surface area contributed by atoms with Crippen LogP contribution in [0.5, 0.6) is 0 Å². The van der Waals surface area contributed by atoms with Gasteiger partial charge in [0.05, 0.1) is 12.2 Å². The molecule has 0 saturated heterocycles. The summed E-state index contributed by atoms with van der Waals surface area (Å²) in [6, 6.07) is 9.56. The van der Waals surface area contributed by atoms with Gasteiger partial charge in [-0.2, -0.15) is 0 Å². The van der Waals surface area contributed by atoms with Crippen LogP contribution in [0.15, 0.2) is 42.7 Å². The number of aromatic nitrogens is 2. The predicted molar refractivity (Wildman–Crippen MR) is 75.2 cm³/mol. The number of hydrogen-bond donors (Lipinski definition) is 0. The largest absolute Gasteiger partial charge is 0.351 e. The summed E-state index contributed by atoms with van der Waals surface area (Å²) in [6.45, 7) is 5.17. The van der Waals surface area contributed by atoms with Gasteiger partial charge in [-0.15, -0.1) is 0 Å². The van der Waals surface area contributed by atoms with Crippen LogP contribution in [0.3, 0.4) is 0 Å². The maximum Gasteiger partial charge on any atom is 0.161 e. The fourth-order valence-electron chi connectivity index (χ4n) is 1.82. The van der Waals surface area contributed by atoms with Gasteiger partial charge in [-0.1, -0.05) is 6.07 Å². The van der Waals surface area contributed by atoms with Crippen LogP contribution >= 0.6 is 0 Å². The van der Waals surface area contributed by atoms with Crippen LogP contribution in [0.2, 0.25) is 0 Å². The highest BCUT2D eigenvalue weighted by Crippen LogP contribution is 2.14. The molecule has 0 saturated carbocycles. The second-order valence-corrected chi connectivity index (χ2v) is 4.30. The summed E-state index contributed by atoms with van der Waals surface area (Å²) < 4.78 is 0. The molecule has 2 rings (SSSR count). The molecule has 4 nitrogen and oxygen atoms in total. The molecule has 0 aromatic carbocycles. The lowest BCUT2D eigenvalue weighted by Crippen LogP contribution is -2.23. The maximum absolute atomic E-state index is 11.2. The van der Waals surface area contributed by atoms with Crippen molar-refractivity contribution in [3.63, 3.8) is 0 Å². The Balaban J connectivity index is 2.15. The number of rotatable bonds is 5. The minimum Gasteiger partial charge on any atom is -0.351 e. The van der Waals surface area contributed by atoms with E-state index in [1.54, 1.807) is 19.3 Å². The van der Waals surface area contributed by atoms with Crippen LogP contribution in [-0.2, 0) is 6.54 Å². The van der Waals surface area contributed by atoms with Crippen molar-refractivity contribution in [3.8, 4) is 0 Å². The SMILES string of the molecule is CCN(Cc1ccccn1)c1ccc(C(C)=O)cn1. The molecular formula is C15H17N3O. The third kappa shape index (κ3) is 3.37. The van der Waals surface area contributed by atoms with E-state index >= 15 is 0 Å². The van der Waals surface area contributed by atoms with Crippen molar-refractivity contribution in [2.75, 3.05) is 11.4 Å². The Bertz CT molecular complexity index is 537. The molecule has 98 valence electrons. The summed E-state index contributed by atoms with van der Waals surface area (Å²) in [4.78, 5) is 22.0. The predicted octanol–water partition coefficient (Wildman–Crippen LogP) is 2.71. The van der Waals surface area contributed by atoms with E-state index in [-0.39, 0.29) is 5.78 Å². The smallest absolute Gasteiger partial charge is 0.161 e. The fourth-order valence-corrected chi connectivity index (χ4v) is 1.82. The van der Waals surface area contributed by atoms with E-state index in [0.29, 0.717) is 12.1 Å². The molecule has 0 atom stereocenters. The highest BCUT2D eigenvalue weighted by Gasteiger charge is 2.08. The monoisotopic (exact) mass is 255 g/mol. The first-order valence-electron chi connectivity index (χ1n) is 6.32. The fraction of sp³-hybridized carbons (Fsp3) is 0.267. The van der Waals surface area contributed by atoms with Gasteiger partial charge in [0, 0.05) is 24.5 Å². The second kappa shape index (κ2) is 6.09. The Morgan fingerprint density at radius 1 is 1.21 bits per heavy atom. The van der Waals surface area contributed by atoms with Crippen LogP contribution in [-0.4, -0.2) is 22.3 Å². The van der Waals surface area contributed by atoms with Crippen LogP contribution in [0.25, 0.3) is 0 Å². The number of Topliss-reactive ketones (excluding diaryl/α,β-unsaturated/α-hetero) is 1. The Hall–Kier alpha value is -2.23. The van der Waals surface area contributed by atoms with E-state index in [1.807, 2.05) is 30.3 Å². The van der Waals surface area contributed by atoms with E-state index < -0.39 is 0 Å². The van der Waals surface area contributed by atoms with E-state index in [1.165, 1.54) is 0 Å². The third-order valence-electron chi connectivity index (χ3n) is 2.94. The van der Waals surface area contributed by atoms with E-state index in [9.17, 15) is 4.79 Å². The molecule has 2 heterocycles. The van der Waals surface area contributed by atoms with E-state index in [0.717, 1.165) is 18.1 Å². The van der Waals surface area contributed by atoms with Crippen molar-refractivity contribution >= 4 is 11.6 Å². The van der Waals surface area contributed by atoms with Crippen molar-refractivity contribution in [1.82, 2.24) is 9.97 Å². The number of carbonyl (C=O) groups is 1. The number of carbonyl (C=O) groups excluding carboxylic acids is 1. The molecule has 4 heteroatoms. The molecule has 0 aliphatic heterocycles. The van der Waals surface area contributed by atoms with E-state index in [4.69, 9.17) is 0 Å². The average Bonchev–Trinajstić information content (AvgIpc) is 2.46. The van der Waals surface area contributed by atoms with Gasteiger partial charge in [0.15, 0.2) is 5.78 Å². The zero-order valence-corrected chi connectivity index (χ0v) is 11.2. The molecule has 0 fully saturated rings. The van der Waals surface area contributed by atoms with E-state index in [2.05, 4.69) is 21.8 Å². The molecule has 2 aromatic rings. The Morgan fingerprint density at radius 2 is 2.05 bits per heavy atom. The second-order valence-electron chi connectivity index (χ2n) is 4.30. The number of hydrogen-bond acceptors (Lipinski definition) is 4. The van der Waals surface area contributed by atoms with Gasteiger partial charge >= 0.3 is 0 Å². The summed E-state index contributed by atoms with van der Waals surface area (Å²) in [5.41, 5.74) is 1.64. The third-order valence-corrected chi connectivity index (χ3v) is 2.94. The summed E-state index contributed by atoms with van der Waals surface area (Å²) in [5, 5.41) is 0. The van der Waals surface area contributed by atoms with Gasteiger partial charge in [-0.25, -0.2) is 4.98 Å². The lowest BCUT2D eigenvalue weighted by Gasteiger charge is -2.21. The Morgan fingerprint density at radius 3 is 2.58 bits per heavy atom. The van der Waals surface area contributed by atoms with Gasteiger partial charge in [0.2, 0.25) is 0 Å². The highest BCUT2D eigenvalue weighted by atomic mass is 16.1. The van der Waals surface area contributed by atoms with Crippen molar-refractivity contribution in [2.45, 2.75) is 20.4 Å². The molecule has 0 amide bonds. The summed E-state index contributed by atoms with van der Waals surface area (Å²) >= 11 is 0. The van der Waals surface area contributed by atoms with Gasteiger partial charge in [-0.3, -0.25) is 9.78 Å². The van der Waals surface area contributed by atoms with Crippen molar-refractivity contribution in [2.24, 2.45) is 0 Å². The first-order valence-corrected chi connectivity index (χ1v) is 6.32. The van der Waals surface area contributed by atoms with Crippen molar-refractivity contribution in [1.29, 1.82) is 0 Å². The first kappa shape index (κ1) is 13.2. The zero-order valence-electron chi connectivity index (χ0n) is 11.2. The van der Waals surface area contributed by atoms with Gasteiger partial charge < -0.3 is 4.90 Å². The molecule has 19 heavy (non-hydrogen) atoms. The number of anilines is 1. The van der Waals surface area contributed by atoms with Crippen LogP contribution < -0.4 is 4.90 Å². The lowest BCUT2D eigenvalue weighted by molar-refractivity contribution is 0.101. The number of nitrogens with zero attached hydrogens (tertiary/aromatic N) is 3. The summed E-state index contributed by atoms with van der Waals surface area (Å²) in [5.74, 6) is 0.893. The molecule has 0 spiro atoms. The molecule has 0 aliphatic carbocycles. The Labute approximate surface area is 113 Å². The molecular weight excluding hydrogens is 238 g/mol. The first-order chi connectivity index (χ1) is 9.20. The standard InChI is InChI=1S/C15H17N3O/c1-3-18(11-14-6-4-5-9-16-14)15-8-7-13(10-17-15)12(2)19/h4-10H,3,11H2,1-2H3. The maximum atomic E-state index is 11.2. The Kier molecular flexibility index (Phi) is 4.23. The van der Waals surface area contributed by atoms with Crippen LogP contribution in [0.4, 0.5) is 5.82 Å². The number of ketones is 1. The molecule has 0 aliphatic rings. The van der Waals surface area contributed by atoms with Crippen LogP contribution in [0, 0.1) is 0 Å². The minimum absolute atomic E-state index is 0.0341. The molecule has 2 aromatic heterocycles. The topological polar surface area (TPSA) is 46.1 Å². The molecule has 0 bridgehead atoms. The zero-order chi connectivity index (χ0) is 13.7. The van der Waals surface area contributed by atoms with Crippen molar-refractivity contribution in [3.05, 3.63) is 54.0 Å². The lowest BCUT2D eigenvalue weighted by atomic mass is 10.2.